The van der Waals surface area contributed by atoms with E-state index in [2.05, 4.69) is 4.99 Å². The van der Waals surface area contributed by atoms with Crippen molar-refractivity contribution in [2.24, 2.45) is 10.7 Å². The first-order chi connectivity index (χ1) is 17.8. The zero-order valence-electron chi connectivity index (χ0n) is 19.8. The zero-order valence-corrected chi connectivity index (χ0v) is 20.7. The molecule has 3 aromatic rings. The van der Waals surface area contributed by atoms with Crippen LogP contribution in [0, 0.1) is 5.82 Å². The molecule has 37 heavy (non-hydrogen) atoms. The van der Waals surface area contributed by atoms with Crippen LogP contribution in [0.3, 0.4) is 0 Å². The third-order valence-electron chi connectivity index (χ3n) is 6.96. The largest absolute Gasteiger partial charge is 0.416 e. The van der Waals surface area contributed by atoms with Gasteiger partial charge in [-0.15, -0.1) is 11.3 Å². The van der Waals surface area contributed by atoms with Gasteiger partial charge in [0.25, 0.3) is 0 Å². The molecule has 0 unspecified atom stereocenters. The topological polar surface area (TPSA) is 86.3 Å². The van der Waals surface area contributed by atoms with Crippen molar-refractivity contribution >= 4 is 27.9 Å². The van der Waals surface area contributed by atoms with E-state index in [-0.39, 0.29) is 23.3 Å². The highest BCUT2D eigenvalue weighted by molar-refractivity contribution is 7.19. The number of fused-ring (bicyclic) bond motifs is 1. The molecule has 1 aromatic carbocycles. The van der Waals surface area contributed by atoms with E-state index >= 15 is 4.39 Å². The van der Waals surface area contributed by atoms with Crippen molar-refractivity contribution in [1.29, 1.82) is 0 Å². The molecule has 0 radical (unpaired) electrons. The molecule has 2 atom stereocenters. The zero-order chi connectivity index (χ0) is 25.7. The van der Waals surface area contributed by atoms with Crippen LogP contribution in [0.25, 0.3) is 21.6 Å². The smallest absolute Gasteiger partial charge is 0.404 e. The van der Waals surface area contributed by atoms with Crippen LogP contribution in [0.2, 0.25) is 0 Å². The number of nitrogens with two attached hydrogens (primary N) is 1. The summed E-state index contributed by atoms with van der Waals surface area (Å²) in [6.07, 6.45) is 3.79. The Morgan fingerprint density at radius 2 is 1.89 bits per heavy atom. The van der Waals surface area contributed by atoms with Crippen molar-refractivity contribution in [3.63, 3.8) is 0 Å². The number of nitrogens with zero attached hydrogens (tertiary/aromatic N) is 4. The van der Waals surface area contributed by atoms with E-state index in [1.54, 1.807) is 6.21 Å². The SMILES string of the molecule is N/C=C(\C=NC1CC1)[C@H]1C[C@H](c2nc(-c3ccc(C(F)(F)F)cc3F)c3sc(C4CC4)nc3n2)CCO1. The first kappa shape index (κ1) is 24.4. The summed E-state index contributed by atoms with van der Waals surface area (Å²) < 4.78 is 61.1. The highest BCUT2D eigenvalue weighted by Crippen LogP contribution is 2.45. The number of benzene rings is 1. The summed E-state index contributed by atoms with van der Waals surface area (Å²) in [5.74, 6) is -0.256. The second-order valence-electron chi connectivity index (χ2n) is 9.86. The Kier molecular flexibility index (Phi) is 6.22. The van der Waals surface area contributed by atoms with Gasteiger partial charge in [-0.1, -0.05) is 0 Å². The molecular weight excluding hydrogens is 506 g/mol. The molecule has 1 aliphatic heterocycles. The van der Waals surface area contributed by atoms with Gasteiger partial charge in [0.15, 0.2) is 5.65 Å². The molecule has 2 aromatic heterocycles. The van der Waals surface area contributed by atoms with Crippen molar-refractivity contribution in [3.8, 4) is 11.3 Å². The van der Waals surface area contributed by atoms with Crippen molar-refractivity contribution in [3.05, 3.63) is 52.2 Å². The summed E-state index contributed by atoms with van der Waals surface area (Å²) >= 11 is 1.39. The molecule has 2 N–H and O–H groups in total. The number of hydrogen-bond acceptors (Lipinski definition) is 7. The van der Waals surface area contributed by atoms with Gasteiger partial charge in [0, 0.05) is 42.0 Å². The maximum atomic E-state index is 15.1. The number of aliphatic imine (C=N–C) groups is 1. The molecule has 1 saturated heterocycles. The van der Waals surface area contributed by atoms with Crippen LogP contribution in [0.1, 0.15) is 66.8 Å². The Morgan fingerprint density at radius 3 is 2.57 bits per heavy atom. The number of halogens is 4. The molecule has 11 heteroatoms. The predicted octanol–water partition coefficient (Wildman–Crippen LogP) is 6.13. The maximum absolute atomic E-state index is 15.1. The van der Waals surface area contributed by atoms with Crippen LogP contribution in [0.4, 0.5) is 17.6 Å². The molecule has 3 fully saturated rings. The summed E-state index contributed by atoms with van der Waals surface area (Å²) in [6, 6.07) is 2.91. The van der Waals surface area contributed by atoms with E-state index in [1.165, 1.54) is 17.5 Å². The van der Waals surface area contributed by atoms with Crippen LogP contribution in [0.15, 0.2) is 35.0 Å². The minimum atomic E-state index is -4.64. The number of rotatable bonds is 6. The highest BCUT2D eigenvalue weighted by Gasteiger charge is 2.34. The number of alkyl halides is 3. The number of thiazole rings is 1. The Balaban J connectivity index is 1.38. The lowest BCUT2D eigenvalue weighted by atomic mass is 9.91. The third-order valence-corrected chi connectivity index (χ3v) is 8.17. The predicted molar refractivity (Wildman–Crippen MR) is 133 cm³/mol. The first-order valence-corrected chi connectivity index (χ1v) is 13.2. The third kappa shape index (κ3) is 5.11. The molecule has 194 valence electrons. The molecule has 6 nitrogen and oxygen atoms in total. The maximum Gasteiger partial charge on any atom is 0.416 e. The standard InChI is InChI=1S/C26H25F4N5OS/c27-19-10-16(26(28,29)30)3-6-18(19)21-22-24(35-25(37-22)13-1-2-13)34-23(33-21)14-7-8-36-20(9-14)15(11-31)12-32-17-4-5-17/h3,6,10-14,17,20H,1-2,4-5,7-9,31H2/b15-11+,32-12?/t14-,20-/m1/s1. The average Bonchev–Trinajstić information content (AvgIpc) is 3.82. The van der Waals surface area contributed by atoms with Crippen LogP contribution in [0.5, 0.6) is 0 Å². The van der Waals surface area contributed by atoms with Crippen molar-refractivity contribution < 1.29 is 22.3 Å². The Bertz CT molecular complexity index is 1390. The van der Waals surface area contributed by atoms with Gasteiger partial charge in [-0.25, -0.2) is 19.3 Å². The Hall–Kier alpha value is -2.92. The van der Waals surface area contributed by atoms with Crippen LogP contribution in [-0.4, -0.2) is 39.9 Å². The van der Waals surface area contributed by atoms with Crippen molar-refractivity contribution in [2.45, 2.75) is 68.7 Å². The second-order valence-corrected chi connectivity index (χ2v) is 10.9. The highest BCUT2D eigenvalue weighted by atomic mass is 32.1. The van der Waals surface area contributed by atoms with Crippen molar-refractivity contribution in [1.82, 2.24) is 15.0 Å². The number of hydrogen-bond donors (Lipinski definition) is 1. The second kappa shape index (κ2) is 9.43. The first-order valence-electron chi connectivity index (χ1n) is 12.4. The minimum absolute atomic E-state index is 0.00960. The normalized spacial score (nSPS) is 23.3. The van der Waals surface area contributed by atoms with Gasteiger partial charge < -0.3 is 10.5 Å². The fourth-order valence-corrected chi connectivity index (χ4v) is 5.70. The van der Waals surface area contributed by atoms with E-state index in [0.717, 1.165) is 48.4 Å². The molecule has 6 rings (SSSR count). The van der Waals surface area contributed by atoms with Crippen molar-refractivity contribution in [2.75, 3.05) is 6.61 Å². The van der Waals surface area contributed by atoms with Gasteiger partial charge in [-0.2, -0.15) is 13.2 Å². The van der Waals surface area contributed by atoms with Gasteiger partial charge in [-0.3, -0.25) is 4.99 Å². The van der Waals surface area contributed by atoms with Crippen LogP contribution in [-0.2, 0) is 10.9 Å². The molecule has 2 aliphatic carbocycles. The Morgan fingerprint density at radius 1 is 1.08 bits per heavy atom. The van der Waals surface area contributed by atoms with Gasteiger partial charge >= 0.3 is 6.18 Å². The quantitative estimate of drug-likeness (QED) is 0.306. The molecule has 0 bridgehead atoms. The van der Waals surface area contributed by atoms with Gasteiger partial charge in [0.1, 0.15) is 16.3 Å². The van der Waals surface area contributed by atoms with Gasteiger partial charge in [-0.05, 0) is 56.7 Å². The lowest BCUT2D eigenvalue weighted by Crippen LogP contribution is -2.28. The average molecular weight is 532 g/mol. The summed E-state index contributed by atoms with van der Waals surface area (Å²) in [6.45, 7) is 0.458. The molecule has 2 saturated carbocycles. The van der Waals surface area contributed by atoms with Crippen LogP contribution < -0.4 is 5.73 Å². The number of ether oxygens (including phenoxy) is 1. The molecule has 0 spiro atoms. The molecule has 0 amide bonds. The molecule has 3 heterocycles. The monoisotopic (exact) mass is 531 g/mol. The fourth-order valence-electron chi connectivity index (χ4n) is 4.52. The van der Waals surface area contributed by atoms with E-state index in [4.69, 9.17) is 25.4 Å². The van der Waals surface area contributed by atoms with E-state index in [0.29, 0.717) is 53.6 Å². The summed E-state index contributed by atoms with van der Waals surface area (Å²) in [5.41, 5.74) is 6.37. The van der Waals surface area contributed by atoms with Gasteiger partial charge in [0.05, 0.1) is 28.4 Å². The van der Waals surface area contributed by atoms with E-state index in [1.807, 2.05) is 0 Å². The van der Waals surface area contributed by atoms with E-state index < -0.39 is 17.6 Å². The summed E-state index contributed by atoms with van der Waals surface area (Å²) in [7, 11) is 0. The number of aromatic nitrogens is 3. The fraction of sp³-hybridized carbons (Fsp3) is 0.462. The van der Waals surface area contributed by atoms with Gasteiger partial charge in [0.2, 0.25) is 0 Å². The lowest BCUT2D eigenvalue weighted by Gasteiger charge is -2.29. The molecule has 3 aliphatic rings. The van der Waals surface area contributed by atoms with Crippen LogP contribution >= 0.6 is 11.3 Å². The van der Waals surface area contributed by atoms with E-state index in [9.17, 15) is 13.2 Å². The summed E-state index contributed by atoms with van der Waals surface area (Å²) in [5, 5.41) is 0.907. The minimum Gasteiger partial charge on any atom is -0.404 e. The lowest BCUT2D eigenvalue weighted by molar-refractivity contribution is -0.137. The molecular formula is C26H25F4N5OS. The Labute approximate surface area is 214 Å². The summed E-state index contributed by atoms with van der Waals surface area (Å²) in [4.78, 5) is 18.7.